The van der Waals surface area contributed by atoms with Crippen molar-refractivity contribution in [3.8, 4) is 17.2 Å². The lowest BCUT2D eigenvalue weighted by Gasteiger charge is -2.37. The van der Waals surface area contributed by atoms with Gasteiger partial charge in [-0.25, -0.2) is 4.98 Å². The monoisotopic (exact) mass is 439 g/mol. The maximum Gasteiger partial charge on any atom is 0.182 e. The lowest BCUT2D eigenvalue weighted by Crippen LogP contribution is -2.42. The topological polar surface area (TPSA) is 104 Å². The quantitative estimate of drug-likeness (QED) is 0.533. The minimum atomic E-state index is -0.430. The first-order chi connectivity index (χ1) is 14.7. The average Bonchev–Trinajstić information content (AvgIpc) is 3.06. The van der Waals surface area contributed by atoms with E-state index in [0.717, 1.165) is 57.0 Å². The number of aromatic nitrogens is 1. The molecule has 0 radical (unpaired) electrons. The zero-order valence-electron chi connectivity index (χ0n) is 18.4. The summed E-state index contributed by atoms with van der Waals surface area (Å²) >= 11 is 1.42. The summed E-state index contributed by atoms with van der Waals surface area (Å²) in [6, 6.07) is 7.99. The van der Waals surface area contributed by atoms with E-state index in [0.29, 0.717) is 29.7 Å². The van der Waals surface area contributed by atoms with Crippen LogP contribution in [-0.4, -0.2) is 22.3 Å². The molecule has 3 aromatic rings. The molecular weight excluding hydrogens is 410 g/mol. The molecule has 0 aliphatic carbocycles. The molecule has 0 fully saturated rings. The van der Waals surface area contributed by atoms with Crippen LogP contribution in [0.3, 0.4) is 0 Å². The molecule has 0 spiro atoms. The van der Waals surface area contributed by atoms with Gasteiger partial charge in [0.25, 0.3) is 0 Å². The second-order valence-corrected chi connectivity index (χ2v) is 9.67. The van der Waals surface area contributed by atoms with Gasteiger partial charge in [-0.15, -0.1) is 0 Å². The summed E-state index contributed by atoms with van der Waals surface area (Å²) in [6.45, 7) is 8.42. The summed E-state index contributed by atoms with van der Waals surface area (Å²) in [7, 11) is 0. The number of fused-ring (bicyclic) bond motifs is 1. The Labute approximate surface area is 186 Å². The van der Waals surface area contributed by atoms with Gasteiger partial charge in [-0.1, -0.05) is 23.5 Å². The van der Waals surface area contributed by atoms with Gasteiger partial charge < -0.3 is 26.0 Å². The number of ether oxygens (including phenoxy) is 2. The Kier molecular flexibility index (Phi) is 5.47. The van der Waals surface area contributed by atoms with E-state index in [9.17, 15) is 5.11 Å². The SMILES string of the molecule is Cc1c(C)c2c(c(C)c1O)CCC(C)(COc1ccc(Cc3sc(N)nc3N)cc1)O2. The fraction of sp³-hybridized carbons (Fsp3) is 0.375. The van der Waals surface area contributed by atoms with Crippen LogP contribution in [0.2, 0.25) is 0 Å². The number of phenols is 1. The number of phenolic OH excluding ortho intramolecular Hbond substituents is 1. The molecule has 1 aromatic heterocycles. The van der Waals surface area contributed by atoms with E-state index in [2.05, 4.69) is 11.9 Å². The molecule has 5 N–H and O–H groups in total. The summed E-state index contributed by atoms with van der Waals surface area (Å²) in [5, 5.41) is 10.9. The van der Waals surface area contributed by atoms with Crippen LogP contribution in [0.5, 0.6) is 17.2 Å². The second kappa shape index (κ2) is 7.96. The Morgan fingerprint density at radius 1 is 1.13 bits per heavy atom. The van der Waals surface area contributed by atoms with Crippen molar-refractivity contribution >= 4 is 22.3 Å². The molecule has 4 rings (SSSR count). The molecule has 7 heteroatoms. The number of hydrogen-bond acceptors (Lipinski definition) is 7. The van der Waals surface area contributed by atoms with Gasteiger partial charge in [-0.05, 0) is 74.9 Å². The highest BCUT2D eigenvalue weighted by molar-refractivity contribution is 7.15. The van der Waals surface area contributed by atoms with Gasteiger partial charge in [-0.3, -0.25) is 0 Å². The van der Waals surface area contributed by atoms with Crippen LogP contribution in [0, 0.1) is 20.8 Å². The van der Waals surface area contributed by atoms with Crippen LogP contribution < -0.4 is 20.9 Å². The molecule has 0 saturated heterocycles. The molecule has 0 bridgehead atoms. The van der Waals surface area contributed by atoms with Crippen molar-refractivity contribution in [2.45, 2.75) is 52.6 Å². The number of benzene rings is 2. The summed E-state index contributed by atoms with van der Waals surface area (Å²) < 4.78 is 12.5. The predicted octanol–water partition coefficient (Wildman–Crippen LogP) is 4.69. The van der Waals surface area contributed by atoms with Crippen molar-refractivity contribution in [1.29, 1.82) is 0 Å². The first-order valence-corrected chi connectivity index (χ1v) is 11.2. The highest BCUT2D eigenvalue weighted by Crippen LogP contribution is 2.43. The number of nitrogen functional groups attached to an aromatic ring is 2. The van der Waals surface area contributed by atoms with Crippen LogP contribution >= 0.6 is 11.3 Å². The van der Waals surface area contributed by atoms with Gasteiger partial charge in [0.05, 0.1) is 4.88 Å². The summed E-state index contributed by atoms with van der Waals surface area (Å²) in [6.07, 6.45) is 2.38. The van der Waals surface area contributed by atoms with Crippen LogP contribution in [0.1, 0.15) is 46.0 Å². The van der Waals surface area contributed by atoms with Crippen LogP contribution in [-0.2, 0) is 12.8 Å². The molecule has 164 valence electrons. The number of nitrogens with zero attached hydrogens (tertiary/aromatic N) is 1. The van der Waals surface area contributed by atoms with Gasteiger partial charge in [-0.2, -0.15) is 0 Å². The van der Waals surface area contributed by atoms with Gasteiger partial charge in [0.1, 0.15) is 35.3 Å². The first kappa shape index (κ1) is 21.3. The Morgan fingerprint density at radius 2 is 1.84 bits per heavy atom. The number of aromatic hydroxyl groups is 1. The molecule has 2 heterocycles. The molecule has 1 unspecified atom stereocenters. The molecule has 31 heavy (non-hydrogen) atoms. The van der Waals surface area contributed by atoms with Crippen molar-refractivity contribution in [3.63, 3.8) is 0 Å². The van der Waals surface area contributed by atoms with Crippen molar-refractivity contribution < 1.29 is 14.6 Å². The Bertz CT molecular complexity index is 1120. The van der Waals surface area contributed by atoms with Crippen molar-refractivity contribution in [3.05, 3.63) is 57.0 Å². The lowest BCUT2D eigenvalue weighted by atomic mass is 9.87. The number of thiazole rings is 1. The standard InChI is InChI=1S/C24H29N3O3S/c1-13-14(2)21-18(15(3)20(13)28)9-10-24(4,30-21)12-29-17-7-5-16(6-8-17)11-19-22(25)27-23(26)31-19/h5-8,28H,9-12,25H2,1-4H3,(H2,26,27). The Hall–Kier alpha value is -2.93. The molecule has 0 saturated carbocycles. The normalized spacial score (nSPS) is 17.8. The molecule has 1 aliphatic heterocycles. The third kappa shape index (κ3) is 4.14. The van der Waals surface area contributed by atoms with E-state index < -0.39 is 5.60 Å². The molecule has 6 nitrogen and oxygen atoms in total. The highest BCUT2D eigenvalue weighted by Gasteiger charge is 2.35. The van der Waals surface area contributed by atoms with E-state index in [1.165, 1.54) is 11.3 Å². The van der Waals surface area contributed by atoms with E-state index in [1.807, 2.05) is 45.0 Å². The van der Waals surface area contributed by atoms with Gasteiger partial charge in [0, 0.05) is 12.0 Å². The molecule has 1 aliphatic rings. The predicted molar refractivity (Wildman–Crippen MR) is 125 cm³/mol. The second-order valence-electron chi connectivity index (χ2n) is 8.55. The van der Waals surface area contributed by atoms with E-state index in [1.54, 1.807) is 0 Å². The van der Waals surface area contributed by atoms with Gasteiger partial charge in [0.15, 0.2) is 5.13 Å². The number of hydrogen-bond donors (Lipinski definition) is 3. The Balaban J connectivity index is 1.43. The average molecular weight is 440 g/mol. The maximum atomic E-state index is 10.4. The molecule has 1 atom stereocenters. The number of nitrogens with two attached hydrogens (primary N) is 2. The highest BCUT2D eigenvalue weighted by atomic mass is 32.1. The smallest absolute Gasteiger partial charge is 0.182 e. The van der Waals surface area contributed by atoms with Crippen LogP contribution in [0.4, 0.5) is 10.9 Å². The van der Waals surface area contributed by atoms with E-state index in [4.69, 9.17) is 20.9 Å². The summed E-state index contributed by atoms with van der Waals surface area (Å²) in [5.74, 6) is 2.56. The third-order valence-electron chi connectivity index (χ3n) is 6.17. The molecule has 2 aromatic carbocycles. The zero-order chi connectivity index (χ0) is 22.3. The van der Waals surface area contributed by atoms with Crippen molar-refractivity contribution in [1.82, 2.24) is 4.98 Å². The number of anilines is 2. The Morgan fingerprint density at radius 3 is 2.48 bits per heavy atom. The van der Waals surface area contributed by atoms with Crippen molar-refractivity contribution in [2.24, 2.45) is 0 Å². The first-order valence-electron chi connectivity index (χ1n) is 10.4. The van der Waals surface area contributed by atoms with Crippen molar-refractivity contribution in [2.75, 3.05) is 18.1 Å². The zero-order valence-corrected chi connectivity index (χ0v) is 19.2. The van der Waals surface area contributed by atoms with E-state index >= 15 is 0 Å². The number of rotatable bonds is 5. The fourth-order valence-corrected chi connectivity index (χ4v) is 4.82. The van der Waals surface area contributed by atoms with Crippen LogP contribution in [0.15, 0.2) is 24.3 Å². The minimum absolute atomic E-state index is 0.377. The lowest BCUT2D eigenvalue weighted by molar-refractivity contribution is 0.0166. The largest absolute Gasteiger partial charge is 0.507 e. The summed E-state index contributed by atoms with van der Waals surface area (Å²) in [5.41, 5.74) is 16.2. The van der Waals surface area contributed by atoms with Gasteiger partial charge in [0.2, 0.25) is 0 Å². The molecule has 0 amide bonds. The minimum Gasteiger partial charge on any atom is -0.507 e. The summed E-state index contributed by atoms with van der Waals surface area (Å²) in [4.78, 5) is 5.05. The maximum absolute atomic E-state index is 10.4. The third-order valence-corrected chi connectivity index (χ3v) is 7.07. The van der Waals surface area contributed by atoms with Crippen LogP contribution in [0.25, 0.3) is 0 Å². The van der Waals surface area contributed by atoms with Gasteiger partial charge >= 0.3 is 0 Å². The fourth-order valence-electron chi connectivity index (χ4n) is 4.03. The van der Waals surface area contributed by atoms with E-state index in [-0.39, 0.29) is 0 Å². The molecular formula is C24H29N3O3S.